The van der Waals surface area contributed by atoms with Crippen LogP contribution in [0.25, 0.3) is 0 Å². The molecule has 1 aromatic rings. The number of phenols is 1. The first kappa shape index (κ1) is 9.20. The molecule has 2 nitrogen and oxygen atoms in total. The van der Waals surface area contributed by atoms with Crippen LogP contribution in [-0.4, -0.2) is 5.11 Å². The molecule has 3 N–H and O–H groups in total. The van der Waals surface area contributed by atoms with E-state index in [9.17, 15) is 5.11 Å². The van der Waals surface area contributed by atoms with Gasteiger partial charge in [0.15, 0.2) is 0 Å². The molecule has 12 heavy (non-hydrogen) atoms. The zero-order chi connectivity index (χ0) is 9.14. The number of nitrogens with two attached hydrogens (primary N) is 1. The molecule has 3 heteroatoms. The summed E-state index contributed by atoms with van der Waals surface area (Å²) in [5.41, 5.74) is 6.98. The number of benzene rings is 1. The van der Waals surface area contributed by atoms with E-state index in [4.69, 9.17) is 17.3 Å². The average molecular weight is 186 g/mol. The first-order valence-corrected chi connectivity index (χ1v) is 4.29. The monoisotopic (exact) mass is 185 g/mol. The van der Waals surface area contributed by atoms with Crippen LogP contribution in [0.3, 0.4) is 0 Å². The maximum atomic E-state index is 9.47. The zero-order valence-corrected chi connectivity index (χ0v) is 7.73. The van der Waals surface area contributed by atoms with Crippen molar-refractivity contribution < 1.29 is 5.11 Å². The molecule has 0 aliphatic rings. The van der Waals surface area contributed by atoms with E-state index < -0.39 is 0 Å². The van der Waals surface area contributed by atoms with Gasteiger partial charge in [-0.25, -0.2) is 0 Å². The van der Waals surface area contributed by atoms with Gasteiger partial charge in [0.1, 0.15) is 5.75 Å². The van der Waals surface area contributed by atoms with Crippen LogP contribution in [0.4, 0.5) is 5.69 Å². The Bertz CT molecular complexity index is 286. The van der Waals surface area contributed by atoms with Crippen molar-refractivity contribution in [3.05, 3.63) is 22.7 Å². The molecule has 0 saturated carbocycles. The standard InChI is InChI=1S/C9H12ClNO/c1-2-3-6-4-7(11)5-8(10)9(6)12/h4-5,12H,2-3,11H2,1H3. The number of hydrogen-bond acceptors (Lipinski definition) is 2. The van der Waals surface area contributed by atoms with Gasteiger partial charge in [-0.2, -0.15) is 0 Å². The summed E-state index contributed by atoms with van der Waals surface area (Å²) in [6.07, 6.45) is 1.77. The van der Waals surface area contributed by atoms with Gasteiger partial charge in [0.25, 0.3) is 0 Å². The normalized spacial score (nSPS) is 10.2. The molecule has 66 valence electrons. The van der Waals surface area contributed by atoms with E-state index >= 15 is 0 Å². The highest BCUT2D eigenvalue weighted by Gasteiger charge is 2.05. The fraction of sp³-hybridized carbons (Fsp3) is 0.333. The van der Waals surface area contributed by atoms with E-state index in [0.29, 0.717) is 10.7 Å². The Labute approximate surface area is 77.0 Å². The predicted octanol–water partition coefficient (Wildman–Crippen LogP) is 2.58. The van der Waals surface area contributed by atoms with Crippen LogP contribution in [0, 0.1) is 0 Å². The lowest BCUT2D eigenvalue weighted by Gasteiger charge is -2.05. The first-order valence-electron chi connectivity index (χ1n) is 3.92. The van der Waals surface area contributed by atoms with Crippen molar-refractivity contribution in [2.75, 3.05) is 5.73 Å². The molecule has 0 aliphatic carbocycles. The minimum atomic E-state index is 0.160. The summed E-state index contributed by atoms with van der Waals surface area (Å²) in [5.74, 6) is 0.160. The lowest BCUT2D eigenvalue weighted by Crippen LogP contribution is -1.90. The van der Waals surface area contributed by atoms with E-state index in [-0.39, 0.29) is 5.75 Å². The van der Waals surface area contributed by atoms with Gasteiger partial charge in [0.2, 0.25) is 0 Å². The van der Waals surface area contributed by atoms with Gasteiger partial charge in [0.05, 0.1) is 5.02 Å². The highest BCUT2D eigenvalue weighted by atomic mass is 35.5. The Hall–Kier alpha value is -0.890. The minimum Gasteiger partial charge on any atom is -0.506 e. The third-order valence-electron chi connectivity index (χ3n) is 1.68. The van der Waals surface area contributed by atoms with E-state index in [1.54, 1.807) is 12.1 Å². The number of nitrogen functional groups attached to an aromatic ring is 1. The molecule has 1 aromatic carbocycles. The van der Waals surface area contributed by atoms with Gasteiger partial charge in [-0.1, -0.05) is 24.9 Å². The maximum Gasteiger partial charge on any atom is 0.137 e. The summed E-state index contributed by atoms with van der Waals surface area (Å²) in [5, 5.41) is 9.80. The van der Waals surface area contributed by atoms with E-state index in [0.717, 1.165) is 18.4 Å². The molecule has 0 bridgehead atoms. The minimum absolute atomic E-state index is 0.160. The number of phenolic OH excluding ortho intramolecular Hbond substituents is 1. The molecular weight excluding hydrogens is 174 g/mol. The largest absolute Gasteiger partial charge is 0.506 e. The smallest absolute Gasteiger partial charge is 0.137 e. The van der Waals surface area contributed by atoms with Crippen LogP contribution in [-0.2, 0) is 6.42 Å². The van der Waals surface area contributed by atoms with Crippen LogP contribution in [0.5, 0.6) is 5.75 Å². The van der Waals surface area contributed by atoms with Crippen molar-refractivity contribution in [2.24, 2.45) is 0 Å². The molecule has 0 radical (unpaired) electrons. The van der Waals surface area contributed by atoms with Crippen molar-refractivity contribution in [1.29, 1.82) is 0 Å². The van der Waals surface area contributed by atoms with Crippen LogP contribution in [0.2, 0.25) is 5.02 Å². The van der Waals surface area contributed by atoms with Crippen molar-refractivity contribution in [3.63, 3.8) is 0 Å². The lowest BCUT2D eigenvalue weighted by atomic mass is 10.1. The number of rotatable bonds is 2. The summed E-state index contributed by atoms with van der Waals surface area (Å²) in [7, 11) is 0. The quantitative estimate of drug-likeness (QED) is 0.550. The first-order chi connectivity index (χ1) is 5.65. The third kappa shape index (κ3) is 1.83. The van der Waals surface area contributed by atoms with Gasteiger partial charge in [-0.05, 0) is 24.1 Å². The van der Waals surface area contributed by atoms with Crippen LogP contribution >= 0.6 is 11.6 Å². The molecule has 0 aliphatic heterocycles. The summed E-state index contributed by atoms with van der Waals surface area (Å²) < 4.78 is 0. The predicted molar refractivity (Wildman–Crippen MR) is 51.5 cm³/mol. The molecule has 0 amide bonds. The number of hydrogen-bond donors (Lipinski definition) is 2. The van der Waals surface area contributed by atoms with Gasteiger partial charge in [-0.15, -0.1) is 0 Å². The molecule has 0 fully saturated rings. The molecule has 0 aromatic heterocycles. The van der Waals surface area contributed by atoms with Crippen molar-refractivity contribution in [1.82, 2.24) is 0 Å². The van der Waals surface area contributed by atoms with Crippen LogP contribution < -0.4 is 5.73 Å². The average Bonchev–Trinajstić information content (AvgIpc) is 2.00. The molecule has 0 heterocycles. The second kappa shape index (κ2) is 3.68. The highest BCUT2D eigenvalue weighted by Crippen LogP contribution is 2.30. The Balaban J connectivity index is 3.09. The van der Waals surface area contributed by atoms with Crippen molar-refractivity contribution >= 4 is 17.3 Å². The van der Waals surface area contributed by atoms with Gasteiger partial charge < -0.3 is 10.8 Å². The fourth-order valence-electron chi connectivity index (χ4n) is 1.14. The number of halogens is 1. The van der Waals surface area contributed by atoms with E-state index in [1.165, 1.54) is 0 Å². The van der Waals surface area contributed by atoms with Crippen LogP contribution in [0.15, 0.2) is 12.1 Å². The van der Waals surface area contributed by atoms with Crippen molar-refractivity contribution in [3.8, 4) is 5.75 Å². The SMILES string of the molecule is CCCc1cc(N)cc(Cl)c1O. The Morgan fingerprint density at radius 2 is 2.17 bits per heavy atom. The number of aryl methyl sites for hydroxylation is 1. The van der Waals surface area contributed by atoms with Crippen LogP contribution in [0.1, 0.15) is 18.9 Å². The molecular formula is C9H12ClNO. The molecule has 0 unspecified atom stereocenters. The Morgan fingerprint density at radius 1 is 1.50 bits per heavy atom. The number of anilines is 1. The molecule has 0 atom stereocenters. The molecule has 0 spiro atoms. The van der Waals surface area contributed by atoms with E-state index in [1.807, 2.05) is 6.92 Å². The molecule has 0 saturated heterocycles. The maximum absolute atomic E-state index is 9.47. The lowest BCUT2D eigenvalue weighted by molar-refractivity contribution is 0.468. The van der Waals surface area contributed by atoms with Gasteiger partial charge in [-0.3, -0.25) is 0 Å². The Kier molecular flexibility index (Phi) is 2.82. The Morgan fingerprint density at radius 3 is 2.75 bits per heavy atom. The summed E-state index contributed by atoms with van der Waals surface area (Å²) >= 11 is 5.72. The second-order valence-electron chi connectivity index (χ2n) is 2.76. The van der Waals surface area contributed by atoms with E-state index in [2.05, 4.69) is 0 Å². The highest BCUT2D eigenvalue weighted by molar-refractivity contribution is 6.32. The van der Waals surface area contributed by atoms with Gasteiger partial charge >= 0.3 is 0 Å². The topological polar surface area (TPSA) is 46.2 Å². The summed E-state index contributed by atoms with van der Waals surface area (Å²) in [6.45, 7) is 2.04. The summed E-state index contributed by atoms with van der Waals surface area (Å²) in [6, 6.07) is 3.31. The number of aromatic hydroxyl groups is 1. The molecule has 1 rings (SSSR count). The van der Waals surface area contributed by atoms with Crippen molar-refractivity contribution in [2.45, 2.75) is 19.8 Å². The summed E-state index contributed by atoms with van der Waals surface area (Å²) in [4.78, 5) is 0. The van der Waals surface area contributed by atoms with Gasteiger partial charge in [0, 0.05) is 5.69 Å². The third-order valence-corrected chi connectivity index (χ3v) is 1.97. The fourth-order valence-corrected chi connectivity index (χ4v) is 1.39. The second-order valence-corrected chi connectivity index (χ2v) is 3.17. The zero-order valence-electron chi connectivity index (χ0n) is 6.97.